The lowest BCUT2D eigenvalue weighted by Gasteiger charge is -2.16. The molecule has 0 aliphatic carbocycles. The molecule has 7 heteroatoms. The molecule has 1 saturated heterocycles. The van der Waals surface area contributed by atoms with Gasteiger partial charge in [-0.05, 0) is 40.9 Å². The zero-order valence-electron chi connectivity index (χ0n) is 11.9. The highest BCUT2D eigenvalue weighted by molar-refractivity contribution is 9.10. The number of halogens is 1. The van der Waals surface area contributed by atoms with Crippen molar-refractivity contribution in [2.75, 3.05) is 18.4 Å². The minimum absolute atomic E-state index is 0.145. The molecule has 0 saturated carbocycles. The Morgan fingerprint density at radius 2 is 2.09 bits per heavy atom. The number of benzene rings is 1. The number of amides is 2. The molecule has 116 valence electrons. The second kappa shape index (κ2) is 6.83. The Hall–Kier alpha value is -1.34. The Morgan fingerprint density at radius 3 is 2.82 bits per heavy atom. The van der Waals surface area contributed by atoms with Crippen molar-refractivity contribution in [3.05, 3.63) is 28.7 Å². The van der Waals surface area contributed by atoms with Gasteiger partial charge in [-0.1, -0.05) is 23.9 Å². The van der Waals surface area contributed by atoms with E-state index in [1.807, 2.05) is 24.3 Å². The maximum Gasteiger partial charge on any atom is 0.262 e. The van der Waals surface area contributed by atoms with Gasteiger partial charge in [-0.15, -0.1) is 0 Å². The van der Waals surface area contributed by atoms with Gasteiger partial charge in [-0.2, -0.15) is 4.99 Å². The quantitative estimate of drug-likeness (QED) is 0.874. The van der Waals surface area contributed by atoms with Gasteiger partial charge in [0.05, 0.1) is 5.69 Å². The third-order valence-electron chi connectivity index (χ3n) is 3.62. The van der Waals surface area contributed by atoms with Crippen LogP contribution in [0.2, 0.25) is 0 Å². The zero-order valence-corrected chi connectivity index (χ0v) is 14.3. The summed E-state index contributed by atoms with van der Waals surface area (Å²) in [5, 5.41) is 3.20. The molecule has 2 amide bonds. The van der Waals surface area contributed by atoms with Crippen LogP contribution in [0.4, 0.5) is 5.69 Å². The molecular formula is C15H16BrN3O2S. The van der Waals surface area contributed by atoms with Crippen molar-refractivity contribution in [2.24, 2.45) is 4.99 Å². The van der Waals surface area contributed by atoms with E-state index in [1.54, 1.807) is 0 Å². The molecule has 3 rings (SSSR count). The second-order valence-electron chi connectivity index (χ2n) is 5.27. The number of nitrogens with one attached hydrogen (secondary N) is 1. The number of likely N-dealkylation sites (tertiary alicyclic amines) is 1. The number of hydrogen-bond acceptors (Lipinski definition) is 4. The van der Waals surface area contributed by atoms with Crippen molar-refractivity contribution >= 4 is 50.4 Å². The molecular weight excluding hydrogens is 366 g/mol. The second-order valence-corrected chi connectivity index (χ2v) is 7.29. The first-order valence-corrected chi connectivity index (χ1v) is 8.89. The molecule has 1 fully saturated rings. The largest absolute Gasteiger partial charge is 0.351 e. The molecule has 2 aliphatic heterocycles. The van der Waals surface area contributed by atoms with Gasteiger partial charge in [0.15, 0.2) is 5.17 Å². The predicted octanol–water partition coefficient (Wildman–Crippen LogP) is 2.87. The molecule has 1 aromatic carbocycles. The number of anilines is 1. The van der Waals surface area contributed by atoms with Crippen LogP contribution in [0.25, 0.3) is 0 Å². The fourth-order valence-corrected chi connectivity index (χ4v) is 3.99. The van der Waals surface area contributed by atoms with Crippen molar-refractivity contribution in [1.82, 2.24) is 4.90 Å². The Balaban J connectivity index is 1.56. The molecule has 2 heterocycles. The molecule has 0 aromatic heterocycles. The Labute approximate surface area is 141 Å². The van der Waals surface area contributed by atoms with Crippen LogP contribution in [0, 0.1) is 0 Å². The number of nitrogens with zero attached hydrogens (tertiary/aromatic N) is 2. The number of rotatable bonds is 3. The van der Waals surface area contributed by atoms with Crippen molar-refractivity contribution in [3.63, 3.8) is 0 Å². The first-order valence-electron chi connectivity index (χ1n) is 7.22. The monoisotopic (exact) mass is 381 g/mol. The standard InChI is InChI=1S/C15H16BrN3O2S/c16-10-5-1-2-6-11(10)17-13(20)9-12-14(21)18-15(22-12)19-7-3-4-8-19/h1-2,5-6,12H,3-4,7-9H2,(H,17,20)/t12-/m1/s1. The van der Waals surface area contributed by atoms with E-state index in [9.17, 15) is 9.59 Å². The van der Waals surface area contributed by atoms with Gasteiger partial charge in [0, 0.05) is 24.0 Å². The molecule has 22 heavy (non-hydrogen) atoms. The first-order chi connectivity index (χ1) is 10.6. The molecule has 1 N–H and O–H groups in total. The topological polar surface area (TPSA) is 61.8 Å². The summed E-state index contributed by atoms with van der Waals surface area (Å²) in [6.07, 6.45) is 2.42. The van der Waals surface area contributed by atoms with Gasteiger partial charge < -0.3 is 10.2 Å². The van der Waals surface area contributed by atoms with Crippen LogP contribution in [-0.2, 0) is 9.59 Å². The summed E-state index contributed by atoms with van der Waals surface area (Å²) < 4.78 is 0.822. The summed E-state index contributed by atoms with van der Waals surface area (Å²) in [6, 6.07) is 7.41. The summed E-state index contributed by atoms with van der Waals surface area (Å²) in [7, 11) is 0. The Bertz CT molecular complexity index is 629. The number of carbonyl (C=O) groups excluding carboxylic acids is 2. The van der Waals surface area contributed by atoms with Gasteiger partial charge in [0.25, 0.3) is 5.91 Å². The van der Waals surface area contributed by atoms with E-state index in [2.05, 4.69) is 31.1 Å². The minimum Gasteiger partial charge on any atom is -0.351 e. The van der Waals surface area contributed by atoms with Crippen molar-refractivity contribution in [2.45, 2.75) is 24.5 Å². The summed E-state index contributed by atoms with van der Waals surface area (Å²) in [5.41, 5.74) is 0.712. The smallest absolute Gasteiger partial charge is 0.262 e. The third kappa shape index (κ3) is 3.52. The summed E-state index contributed by atoms with van der Waals surface area (Å²) in [6.45, 7) is 1.91. The van der Waals surface area contributed by atoms with Crippen LogP contribution in [0.15, 0.2) is 33.7 Å². The van der Waals surface area contributed by atoms with Crippen molar-refractivity contribution in [1.29, 1.82) is 0 Å². The summed E-state index contributed by atoms with van der Waals surface area (Å²) in [4.78, 5) is 30.3. The van der Waals surface area contributed by atoms with Crippen LogP contribution < -0.4 is 5.32 Å². The van der Waals surface area contributed by atoms with E-state index < -0.39 is 5.25 Å². The summed E-state index contributed by atoms with van der Waals surface area (Å²) >= 11 is 4.80. The fraction of sp³-hybridized carbons (Fsp3) is 0.400. The van der Waals surface area contributed by atoms with E-state index in [4.69, 9.17) is 0 Å². The summed E-state index contributed by atoms with van der Waals surface area (Å²) in [5.74, 6) is -0.371. The van der Waals surface area contributed by atoms with Crippen LogP contribution in [0.3, 0.4) is 0 Å². The average Bonchev–Trinajstić information content (AvgIpc) is 3.12. The number of thioether (sulfide) groups is 1. The number of carbonyl (C=O) groups is 2. The van der Waals surface area contributed by atoms with E-state index in [-0.39, 0.29) is 18.2 Å². The molecule has 0 unspecified atom stereocenters. The lowest BCUT2D eigenvalue weighted by molar-refractivity contribution is -0.121. The molecule has 5 nitrogen and oxygen atoms in total. The van der Waals surface area contributed by atoms with E-state index in [0.717, 1.165) is 35.6 Å². The van der Waals surface area contributed by atoms with Gasteiger partial charge in [-0.25, -0.2) is 0 Å². The number of hydrogen-bond donors (Lipinski definition) is 1. The van der Waals surface area contributed by atoms with Crippen LogP contribution in [0.5, 0.6) is 0 Å². The van der Waals surface area contributed by atoms with E-state index >= 15 is 0 Å². The van der Waals surface area contributed by atoms with Crippen LogP contribution in [-0.4, -0.2) is 40.2 Å². The zero-order chi connectivity index (χ0) is 15.5. The maximum absolute atomic E-state index is 12.1. The SMILES string of the molecule is O=C(C[C@H]1SC(N2CCCC2)=NC1=O)Nc1ccccc1Br. The average molecular weight is 382 g/mol. The molecule has 1 atom stereocenters. The first kappa shape index (κ1) is 15.6. The fourth-order valence-electron chi connectivity index (χ4n) is 2.49. The Morgan fingerprint density at radius 1 is 1.36 bits per heavy atom. The highest BCUT2D eigenvalue weighted by Gasteiger charge is 2.33. The maximum atomic E-state index is 12.1. The Kier molecular flexibility index (Phi) is 4.83. The van der Waals surface area contributed by atoms with Crippen molar-refractivity contribution in [3.8, 4) is 0 Å². The molecule has 0 bridgehead atoms. The normalized spacial score (nSPS) is 21.1. The van der Waals surface area contributed by atoms with E-state index in [1.165, 1.54) is 11.8 Å². The van der Waals surface area contributed by atoms with Gasteiger partial charge in [0.2, 0.25) is 5.91 Å². The lowest BCUT2D eigenvalue weighted by atomic mass is 10.2. The molecule has 0 radical (unpaired) electrons. The van der Waals surface area contributed by atoms with E-state index in [0.29, 0.717) is 5.69 Å². The predicted molar refractivity (Wildman–Crippen MR) is 92.0 cm³/mol. The lowest BCUT2D eigenvalue weighted by Crippen LogP contribution is -2.25. The van der Waals surface area contributed by atoms with Crippen molar-refractivity contribution < 1.29 is 9.59 Å². The molecule has 1 aromatic rings. The number of para-hydroxylation sites is 1. The molecule has 0 spiro atoms. The van der Waals surface area contributed by atoms with Gasteiger partial charge in [0.1, 0.15) is 5.25 Å². The van der Waals surface area contributed by atoms with Crippen LogP contribution in [0.1, 0.15) is 19.3 Å². The highest BCUT2D eigenvalue weighted by Crippen LogP contribution is 2.29. The number of amidine groups is 1. The number of aliphatic imine (C=N–C) groups is 1. The molecule has 2 aliphatic rings. The third-order valence-corrected chi connectivity index (χ3v) is 5.53. The van der Waals surface area contributed by atoms with Gasteiger partial charge >= 0.3 is 0 Å². The van der Waals surface area contributed by atoms with Crippen LogP contribution >= 0.6 is 27.7 Å². The van der Waals surface area contributed by atoms with Gasteiger partial charge in [-0.3, -0.25) is 9.59 Å². The highest BCUT2D eigenvalue weighted by atomic mass is 79.9. The minimum atomic E-state index is -0.405.